The molecule has 0 bridgehead atoms. The minimum absolute atomic E-state index is 0.0314. The third kappa shape index (κ3) is 4.48. The van der Waals surface area contributed by atoms with Crippen LogP contribution in [0.15, 0.2) is 24.3 Å². The molecule has 128 valence electrons. The molecule has 0 N–H and O–H groups in total. The fourth-order valence-corrected chi connectivity index (χ4v) is 2.64. The highest BCUT2D eigenvalue weighted by atomic mass is 16.6. The zero-order chi connectivity index (χ0) is 17.9. The van der Waals surface area contributed by atoms with Crippen LogP contribution in [0.25, 0.3) is 0 Å². The Balaban J connectivity index is 2.10. The fourth-order valence-electron chi connectivity index (χ4n) is 2.64. The van der Waals surface area contributed by atoms with Crippen molar-refractivity contribution in [2.75, 3.05) is 7.05 Å². The molecule has 1 aromatic rings. The van der Waals surface area contributed by atoms with Crippen LogP contribution in [0, 0.1) is 11.3 Å². The predicted octanol–water partition coefficient (Wildman–Crippen LogP) is 3.17. The largest absolute Gasteiger partial charge is 0.460 e. The van der Waals surface area contributed by atoms with E-state index in [4.69, 9.17) is 14.7 Å². The summed E-state index contributed by atoms with van der Waals surface area (Å²) in [5.74, 6) is -0.386. The highest BCUT2D eigenvalue weighted by molar-refractivity contribution is 5.73. The first-order valence-electron chi connectivity index (χ1n) is 7.85. The van der Waals surface area contributed by atoms with Crippen LogP contribution in [0.1, 0.15) is 50.8 Å². The van der Waals surface area contributed by atoms with Crippen molar-refractivity contribution in [1.82, 2.24) is 4.90 Å². The Labute approximate surface area is 142 Å². The first-order chi connectivity index (χ1) is 11.2. The van der Waals surface area contributed by atoms with Crippen molar-refractivity contribution >= 4 is 12.1 Å². The summed E-state index contributed by atoms with van der Waals surface area (Å²) < 4.78 is 10.6. The molecule has 0 spiro atoms. The third-order valence-corrected chi connectivity index (χ3v) is 3.75. The Hall–Kier alpha value is -2.55. The number of esters is 1. The molecule has 1 fully saturated rings. The number of nitriles is 1. The average molecular weight is 330 g/mol. The number of benzene rings is 1. The summed E-state index contributed by atoms with van der Waals surface area (Å²) in [7, 11) is 1.66. The molecule has 0 saturated carbocycles. The molecule has 1 aliphatic rings. The summed E-state index contributed by atoms with van der Waals surface area (Å²) in [5.41, 5.74) is 0.895. The number of rotatable bonds is 3. The van der Waals surface area contributed by atoms with E-state index in [1.54, 1.807) is 40.0 Å². The van der Waals surface area contributed by atoms with E-state index in [0.717, 1.165) is 5.56 Å². The number of amides is 1. The van der Waals surface area contributed by atoms with E-state index in [1.165, 1.54) is 4.90 Å². The van der Waals surface area contributed by atoms with Crippen LogP contribution in [-0.4, -0.2) is 35.7 Å². The monoisotopic (exact) mass is 330 g/mol. The van der Waals surface area contributed by atoms with Crippen LogP contribution in [0.4, 0.5) is 4.79 Å². The second kappa shape index (κ2) is 6.91. The molecule has 0 radical (unpaired) electrons. The molecule has 1 saturated heterocycles. The number of hydrogen-bond donors (Lipinski definition) is 0. The van der Waals surface area contributed by atoms with E-state index >= 15 is 0 Å². The van der Waals surface area contributed by atoms with Crippen molar-refractivity contribution in [2.45, 2.75) is 51.4 Å². The highest BCUT2D eigenvalue weighted by Crippen LogP contribution is 2.32. The van der Waals surface area contributed by atoms with Crippen molar-refractivity contribution < 1.29 is 19.1 Å². The van der Waals surface area contributed by atoms with Gasteiger partial charge in [-0.2, -0.15) is 5.26 Å². The minimum atomic E-state index is -0.570. The smallest absolute Gasteiger partial charge is 0.410 e. The Bertz CT molecular complexity index is 655. The van der Waals surface area contributed by atoms with Gasteiger partial charge in [0, 0.05) is 13.5 Å². The van der Waals surface area contributed by atoms with Crippen LogP contribution in [0.3, 0.4) is 0 Å². The molecule has 2 atom stereocenters. The van der Waals surface area contributed by atoms with Gasteiger partial charge in [-0.15, -0.1) is 0 Å². The SMILES string of the molecule is CN1C(=O)O[C@@H](CC(=O)OC(C)(C)C)C[C@H]1c1ccc(C#N)cc1. The normalized spacial score (nSPS) is 21.0. The summed E-state index contributed by atoms with van der Waals surface area (Å²) in [6.45, 7) is 5.39. The topological polar surface area (TPSA) is 79.6 Å². The molecule has 2 rings (SSSR count). The molecular formula is C18H22N2O4. The van der Waals surface area contributed by atoms with Gasteiger partial charge >= 0.3 is 12.1 Å². The second-order valence-electron chi connectivity index (χ2n) is 6.89. The lowest BCUT2D eigenvalue weighted by molar-refractivity contribution is -0.158. The van der Waals surface area contributed by atoms with E-state index in [-0.39, 0.29) is 18.4 Å². The van der Waals surface area contributed by atoms with Gasteiger partial charge in [-0.05, 0) is 38.5 Å². The zero-order valence-electron chi connectivity index (χ0n) is 14.4. The number of hydrogen-bond acceptors (Lipinski definition) is 5. The van der Waals surface area contributed by atoms with Gasteiger partial charge in [-0.25, -0.2) is 4.79 Å². The van der Waals surface area contributed by atoms with Crippen molar-refractivity contribution in [2.24, 2.45) is 0 Å². The van der Waals surface area contributed by atoms with Crippen molar-refractivity contribution in [1.29, 1.82) is 5.26 Å². The first-order valence-corrected chi connectivity index (χ1v) is 7.85. The van der Waals surface area contributed by atoms with Gasteiger partial charge in [0.1, 0.15) is 11.7 Å². The number of ether oxygens (including phenoxy) is 2. The second-order valence-corrected chi connectivity index (χ2v) is 6.89. The molecule has 0 aliphatic carbocycles. The molecule has 0 unspecified atom stereocenters. The molecule has 1 aliphatic heterocycles. The fraction of sp³-hybridized carbons (Fsp3) is 0.500. The summed E-state index contributed by atoms with van der Waals surface area (Å²) in [5, 5.41) is 8.88. The van der Waals surface area contributed by atoms with Crippen LogP contribution >= 0.6 is 0 Å². The Morgan fingerprint density at radius 1 is 1.38 bits per heavy atom. The van der Waals surface area contributed by atoms with Gasteiger partial charge in [-0.1, -0.05) is 12.1 Å². The van der Waals surface area contributed by atoms with E-state index in [9.17, 15) is 9.59 Å². The molecule has 1 aromatic carbocycles. The Morgan fingerprint density at radius 2 is 2.00 bits per heavy atom. The third-order valence-electron chi connectivity index (χ3n) is 3.75. The van der Waals surface area contributed by atoms with E-state index in [0.29, 0.717) is 12.0 Å². The number of carbonyl (C=O) groups is 2. The van der Waals surface area contributed by atoms with Crippen LogP contribution in [-0.2, 0) is 14.3 Å². The van der Waals surface area contributed by atoms with Crippen molar-refractivity contribution in [3.8, 4) is 6.07 Å². The Kier molecular flexibility index (Phi) is 5.13. The number of carbonyl (C=O) groups excluding carboxylic acids is 2. The van der Waals surface area contributed by atoms with E-state index < -0.39 is 17.8 Å². The quantitative estimate of drug-likeness (QED) is 0.795. The highest BCUT2D eigenvalue weighted by Gasteiger charge is 2.35. The lowest BCUT2D eigenvalue weighted by Crippen LogP contribution is -2.43. The van der Waals surface area contributed by atoms with Crippen LogP contribution in [0.5, 0.6) is 0 Å². The standard InChI is InChI=1S/C18H22N2O4/c1-18(2,3)24-16(21)10-14-9-15(20(4)17(22)23-14)13-7-5-12(11-19)6-8-13/h5-8,14-15H,9-10H2,1-4H3/t14-,15+/m1/s1. The molecular weight excluding hydrogens is 308 g/mol. The molecule has 1 heterocycles. The lowest BCUT2D eigenvalue weighted by Gasteiger charge is -2.36. The summed E-state index contributed by atoms with van der Waals surface area (Å²) >= 11 is 0. The summed E-state index contributed by atoms with van der Waals surface area (Å²) in [6, 6.07) is 8.94. The maximum Gasteiger partial charge on any atom is 0.410 e. The minimum Gasteiger partial charge on any atom is -0.460 e. The van der Waals surface area contributed by atoms with Gasteiger partial charge in [0.15, 0.2) is 0 Å². The average Bonchev–Trinajstić information content (AvgIpc) is 2.49. The zero-order valence-corrected chi connectivity index (χ0v) is 14.4. The Morgan fingerprint density at radius 3 is 2.54 bits per heavy atom. The number of nitrogens with zero attached hydrogens (tertiary/aromatic N) is 2. The maximum atomic E-state index is 12.1. The lowest BCUT2D eigenvalue weighted by atomic mass is 9.96. The van der Waals surface area contributed by atoms with Crippen molar-refractivity contribution in [3.05, 3.63) is 35.4 Å². The van der Waals surface area contributed by atoms with Gasteiger partial charge < -0.3 is 14.4 Å². The molecule has 6 nitrogen and oxygen atoms in total. The number of cyclic esters (lactones) is 1. The van der Waals surface area contributed by atoms with E-state index in [2.05, 4.69) is 6.07 Å². The molecule has 6 heteroatoms. The van der Waals surface area contributed by atoms with Crippen LogP contribution in [0.2, 0.25) is 0 Å². The van der Waals surface area contributed by atoms with Gasteiger partial charge in [-0.3, -0.25) is 4.79 Å². The predicted molar refractivity (Wildman–Crippen MR) is 87.0 cm³/mol. The maximum absolute atomic E-state index is 12.1. The molecule has 24 heavy (non-hydrogen) atoms. The van der Waals surface area contributed by atoms with Gasteiger partial charge in [0.2, 0.25) is 0 Å². The summed E-state index contributed by atoms with van der Waals surface area (Å²) in [4.78, 5) is 25.6. The van der Waals surface area contributed by atoms with Crippen molar-refractivity contribution in [3.63, 3.8) is 0 Å². The summed E-state index contributed by atoms with van der Waals surface area (Å²) in [6.07, 6.45) is -0.467. The molecule has 1 amide bonds. The van der Waals surface area contributed by atoms with Gasteiger partial charge in [0.05, 0.1) is 24.1 Å². The molecule has 0 aromatic heterocycles. The first kappa shape index (κ1) is 17.8. The van der Waals surface area contributed by atoms with Gasteiger partial charge in [0.25, 0.3) is 0 Å². The van der Waals surface area contributed by atoms with Crippen LogP contribution < -0.4 is 0 Å². The van der Waals surface area contributed by atoms with E-state index in [1.807, 2.05) is 12.1 Å².